The number of carbonyl (C=O) groups excluding carboxylic acids is 2. The minimum atomic E-state index is -0.282. The third-order valence-corrected chi connectivity index (χ3v) is 5.18. The Kier molecular flexibility index (Phi) is 7.54. The van der Waals surface area contributed by atoms with Crippen molar-refractivity contribution in [2.24, 2.45) is 0 Å². The van der Waals surface area contributed by atoms with Gasteiger partial charge in [-0.2, -0.15) is 0 Å². The maximum atomic E-state index is 12.6. The third-order valence-electron chi connectivity index (χ3n) is 5.18. The average molecular weight is 411 g/mol. The van der Waals surface area contributed by atoms with Gasteiger partial charge >= 0.3 is 12.1 Å². The van der Waals surface area contributed by atoms with Crippen LogP contribution in [0.5, 0.6) is 0 Å². The number of nitrogens with one attached hydrogen (secondary N) is 2. The van der Waals surface area contributed by atoms with E-state index in [2.05, 4.69) is 27.7 Å². The molecule has 30 heavy (non-hydrogen) atoms. The number of carbonyl (C=O) groups is 2. The number of nitrogens with zero attached hydrogens (tertiary/aromatic N) is 2. The molecule has 7 heteroatoms. The van der Waals surface area contributed by atoms with Crippen LogP contribution in [0.25, 0.3) is 0 Å². The predicted octanol–water partition coefficient (Wildman–Crippen LogP) is 4.07. The lowest BCUT2D eigenvalue weighted by molar-refractivity contribution is 0.0959. The van der Waals surface area contributed by atoms with Crippen molar-refractivity contribution in [1.29, 1.82) is 0 Å². The van der Waals surface area contributed by atoms with E-state index in [0.29, 0.717) is 32.5 Å². The van der Waals surface area contributed by atoms with Crippen molar-refractivity contribution in [1.82, 2.24) is 10.2 Å². The highest BCUT2D eigenvalue weighted by molar-refractivity contribution is 5.93. The molecule has 160 valence electrons. The first-order valence-electron chi connectivity index (χ1n) is 10.4. The zero-order valence-electron chi connectivity index (χ0n) is 17.6. The van der Waals surface area contributed by atoms with Crippen LogP contribution in [0.15, 0.2) is 54.6 Å². The number of likely N-dealkylation sites (tertiary alicyclic amines) is 1. The molecule has 1 aliphatic heterocycles. The van der Waals surface area contributed by atoms with Crippen molar-refractivity contribution >= 4 is 23.5 Å². The zero-order valence-corrected chi connectivity index (χ0v) is 17.6. The van der Waals surface area contributed by atoms with E-state index in [1.54, 1.807) is 11.8 Å². The first-order valence-corrected chi connectivity index (χ1v) is 10.4. The fourth-order valence-electron chi connectivity index (χ4n) is 3.62. The summed E-state index contributed by atoms with van der Waals surface area (Å²) in [5.41, 5.74) is 2.92. The van der Waals surface area contributed by atoms with Crippen molar-refractivity contribution in [2.45, 2.75) is 32.4 Å². The lowest BCUT2D eigenvalue weighted by Gasteiger charge is -2.31. The molecule has 1 aliphatic rings. The van der Waals surface area contributed by atoms with E-state index in [4.69, 9.17) is 4.74 Å². The van der Waals surface area contributed by atoms with E-state index in [-0.39, 0.29) is 18.2 Å². The second-order valence-corrected chi connectivity index (χ2v) is 7.42. The number of urea groups is 1. The third kappa shape index (κ3) is 5.89. The summed E-state index contributed by atoms with van der Waals surface area (Å²) in [6.45, 7) is 4.08. The minimum absolute atomic E-state index is 0.0323. The number of piperidine rings is 1. The number of benzene rings is 2. The molecule has 0 spiro atoms. The van der Waals surface area contributed by atoms with Gasteiger partial charge in [-0.1, -0.05) is 42.5 Å². The first kappa shape index (κ1) is 21.5. The molecule has 2 N–H and O–H groups in total. The molecule has 3 rings (SSSR count). The van der Waals surface area contributed by atoms with E-state index in [1.807, 2.05) is 49.5 Å². The van der Waals surface area contributed by atoms with E-state index in [1.165, 1.54) is 5.56 Å². The Morgan fingerprint density at radius 1 is 1.07 bits per heavy atom. The average Bonchev–Trinajstić information content (AvgIpc) is 2.75. The first-order chi connectivity index (χ1) is 14.6. The highest BCUT2D eigenvalue weighted by Gasteiger charge is 2.24. The summed E-state index contributed by atoms with van der Waals surface area (Å²) in [7, 11) is 2.01. The van der Waals surface area contributed by atoms with Gasteiger partial charge in [-0.25, -0.2) is 9.59 Å². The van der Waals surface area contributed by atoms with Crippen molar-refractivity contribution in [3.63, 3.8) is 0 Å². The monoisotopic (exact) mass is 410 g/mol. The Balaban J connectivity index is 1.54. The normalized spacial score (nSPS) is 14.1. The summed E-state index contributed by atoms with van der Waals surface area (Å²) in [4.78, 5) is 28.2. The lowest BCUT2D eigenvalue weighted by atomic mass is 10.1. The number of anilines is 2. The number of para-hydroxylation sites is 2. The second-order valence-electron chi connectivity index (χ2n) is 7.42. The second kappa shape index (κ2) is 10.5. The summed E-state index contributed by atoms with van der Waals surface area (Å²) in [5, 5.41) is 6.01. The van der Waals surface area contributed by atoms with Crippen LogP contribution < -0.4 is 15.5 Å². The van der Waals surface area contributed by atoms with Crippen molar-refractivity contribution in [2.75, 3.05) is 37.0 Å². The minimum Gasteiger partial charge on any atom is -0.450 e. The van der Waals surface area contributed by atoms with Gasteiger partial charge in [0.25, 0.3) is 0 Å². The van der Waals surface area contributed by atoms with Crippen LogP contribution >= 0.6 is 0 Å². The van der Waals surface area contributed by atoms with Crippen LogP contribution in [0.1, 0.15) is 25.3 Å². The van der Waals surface area contributed by atoms with Gasteiger partial charge in [-0.05, 0) is 37.5 Å². The number of rotatable bonds is 6. The molecular formula is C23H30N4O3. The topological polar surface area (TPSA) is 73.9 Å². The van der Waals surface area contributed by atoms with E-state index < -0.39 is 0 Å². The Morgan fingerprint density at radius 3 is 2.43 bits per heavy atom. The molecule has 0 aliphatic carbocycles. The van der Waals surface area contributed by atoms with Crippen LogP contribution in [-0.2, 0) is 11.3 Å². The van der Waals surface area contributed by atoms with Crippen LogP contribution in [0.3, 0.4) is 0 Å². The fraction of sp³-hybridized carbons (Fsp3) is 0.391. The van der Waals surface area contributed by atoms with E-state index >= 15 is 0 Å². The maximum Gasteiger partial charge on any atom is 0.409 e. The number of hydrogen-bond donors (Lipinski definition) is 2. The quantitative estimate of drug-likeness (QED) is 0.753. The number of amides is 3. The van der Waals surface area contributed by atoms with Gasteiger partial charge in [0.1, 0.15) is 0 Å². The van der Waals surface area contributed by atoms with Crippen LogP contribution in [0.2, 0.25) is 0 Å². The van der Waals surface area contributed by atoms with Crippen LogP contribution in [0.4, 0.5) is 21.0 Å². The van der Waals surface area contributed by atoms with Crippen LogP contribution in [-0.4, -0.2) is 49.8 Å². The Labute approximate surface area is 178 Å². The zero-order chi connectivity index (χ0) is 21.3. The molecule has 0 bridgehead atoms. The van der Waals surface area contributed by atoms with Crippen molar-refractivity contribution < 1.29 is 14.3 Å². The van der Waals surface area contributed by atoms with Gasteiger partial charge < -0.3 is 25.2 Å². The van der Waals surface area contributed by atoms with Crippen molar-refractivity contribution in [3.05, 3.63) is 60.2 Å². The maximum absolute atomic E-state index is 12.6. The lowest BCUT2D eigenvalue weighted by Crippen LogP contribution is -2.47. The van der Waals surface area contributed by atoms with Gasteiger partial charge in [0.15, 0.2) is 0 Å². The molecule has 1 saturated heterocycles. The molecule has 7 nitrogen and oxygen atoms in total. The fourth-order valence-corrected chi connectivity index (χ4v) is 3.62. The summed E-state index contributed by atoms with van der Waals surface area (Å²) >= 11 is 0. The molecule has 1 heterocycles. The molecule has 0 atom stereocenters. The van der Waals surface area contributed by atoms with Gasteiger partial charge in [0, 0.05) is 32.7 Å². The van der Waals surface area contributed by atoms with Crippen molar-refractivity contribution in [3.8, 4) is 0 Å². The molecule has 2 aromatic rings. The van der Waals surface area contributed by atoms with E-state index in [0.717, 1.165) is 17.9 Å². The Bertz CT molecular complexity index is 835. The summed E-state index contributed by atoms with van der Waals surface area (Å²) < 4.78 is 5.04. The van der Waals surface area contributed by atoms with Gasteiger partial charge in [0.05, 0.1) is 18.0 Å². The summed E-state index contributed by atoms with van der Waals surface area (Å²) in [5.74, 6) is 0. The molecule has 0 saturated carbocycles. The number of ether oxygens (including phenoxy) is 1. The van der Waals surface area contributed by atoms with Gasteiger partial charge in [-0.15, -0.1) is 0 Å². The van der Waals surface area contributed by atoms with Gasteiger partial charge in [-0.3, -0.25) is 0 Å². The predicted molar refractivity (Wildman–Crippen MR) is 119 cm³/mol. The van der Waals surface area contributed by atoms with Crippen LogP contribution in [0, 0.1) is 0 Å². The molecule has 0 radical (unpaired) electrons. The molecule has 1 fully saturated rings. The molecule has 3 amide bonds. The smallest absolute Gasteiger partial charge is 0.409 e. The summed E-state index contributed by atoms with van der Waals surface area (Å²) in [6, 6.07) is 17.8. The Morgan fingerprint density at radius 2 is 1.73 bits per heavy atom. The Hall–Kier alpha value is -3.22. The van der Waals surface area contributed by atoms with E-state index in [9.17, 15) is 9.59 Å². The highest BCUT2D eigenvalue weighted by atomic mass is 16.6. The summed E-state index contributed by atoms with van der Waals surface area (Å²) in [6.07, 6.45) is 1.14. The SMILES string of the molecule is CCOC(=O)N1CCC(NC(=O)Nc2ccccc2N(C)Cc2ccccc2)CC1. The molecule has 2 aromatic carbocycles. The largest absolute Gasteiger partial charge is 0.450 e. The molecule has 0 aromatic heterocycles. The molecular weight excluding hydrogens is 380 g/mol. The number of hydrogen-bond acceptors (Lipinski definition) is 4. The molecule has 0 unspecified atom stereocenters. The highest BCUT2D eigenvalue weighted by Crippen LogP contribution is 2.26. The standard InChI is InChI=1S/C23H30N4O3/c1-3-30-23(29)27-15-13-19(14-16-27)24-22(28)25-20-11-7-8-12-21(20)26(2)17-18-9-5-4-6-10-18/h4-12,19H,3,13-17H2,1-2H3,(H2,24,25,28). The van der Waals surface area contributed by atoms with Gasteiger partial charge in [0.2, 0.25) is 0 Å².